The molecule has 238 valence electrons. The van der Waals surface area contributed by atoms with Gasteiger partial charge in [0.1, 0.15) is 16.5 Å². The van der Waals surface area contributed by atoms with Crippen LogP contribution in [-0.4, -0.2) is 34.7 Å². The van der Waals surface area contributed by atoms with Gasteiger partial charge in [-0.15, -0.1) is 11.3 Å². The fraction of sp³-hybridized carbons (Fsp3) is 0.270. The molecule has 3 aromatic carbocycles. The van der Waals surface area contributed by atoms with E-state index in [0.717, 1.165) is 5.56 Å². The Morgan fingerprint density at radius 2 is 1.63 bits per heavy atom. The van der Waals surface area contributed by atoms with Crippen molar-refractivity contribution in [3.05, 3.63) is 135 Å². The van der Waals surface area contributed by atoms with Crippen LogP contribution in [0.3, 0.4) is 0 Å². The number of ketones is 1. The molecule has 2 aromatic heterocycles. The van der Waals surface area contributed by atoms with Crippen LogP contribution in [0.25, 0.3) is 10.2 Å². The maximum absolute atomic E-state index is 14.7. The van der Waals surface area contributed by atoms with Gasteiger partial charge >= 0.3 is 0 Å². The van der Waals surface area contributed by atoms with Gasteiger partial charge in [-0.2, -0.15) is 0 Å². The number of hydrogen-bond donors (Lipinski definition) is 1. The van der Waals surface area contributed by atoms with Crippen LogP contribution in [0.5, 0.6) is 0 Å². The standard InChI is InChI=1S/C37H37F2N3O3S/c1-24(2)35(45)40-27-15-13-26(14-16-27)37(3,18-19-41(4)21-25-9-6-5-7-10-25)34(44)30-23-42(36-28(33(30)43)17-20-46-36)22-29-31(38)11-8-12-32(29)39/h5-17,20,23-24H,18-19,21-22H2,1-4H3,(H,40,45). The lowest BCUT2D eigenvalue weighted by Crippen LogP contribution is -2.39. The molecule has 5 rings (SSSR count). The minimum absolute atomic E-state index is 0.0481. The third kappa shape index (κ3) is 7.00. The fourth-order valence-electron chi connectivity index (χ4n) is 5.53. The van der Waals surface area contributed by atoms with Gasteiger partial charge in [0, 0.05) is 29.9 Å². The van der Waals surface area contributed by atoms with E-state index in [9.17, 15) is 23.2 Å². The van der Waals surface area contributed by atoms with Crippen LogP contribution >= 0.6 is 11.3 Å². The lowest BCUT2D eigenvalue weighted by molar-refractivity contribution is -0.118. The number of pyridine rings is 1. The molecule has 0 aliphatic carbocycles. The molecule has 0 bridgehead atoms. The Balaban J connectivity index is 1.54. The Morgan fingerprint density at radius 1 is 0.957 bits per heavy atom. The molecule has 2 heterocycles. The third-order valence-electron chi connectivity index (χ3n) is 8.42. The van der Waals surface area contributed by atoms with Crippen LogP contribution in [0.2, 0.25) is 0 Å². The summed E-state index contributed by atoms with van der Waals surface area (Å²) in [6.45, 7) is 6.47. The van der Waals surface area contributed by atoms with Gasteiger partial charge in [-0.3, -0.25) is 14.4 Å². The van der Waals surface area contributed by atoms with E-state index >= 15 is 0 Å². The molecule has 0 fully saturated rings. The van der Waals surface area contributed by atoms with Crippen LogP contribution in [0, 0.1) is 17.6 Å². The number of carbonyl (C=O) groups excluding carboxylic acids is 2. The van der Waals surface area contributed by atoms with E-state index in [2.05, 4.69) is 10.2 Å². The van der Waals surface area contributed by atoms with E-state index < -0.39 is 22.5 Å². The topological polar surface area (TPSA) is 71.4 Å². The van der Waals surface area contributed by atoms with Gasteiger partial charge < -0.3 is 14.8 Å². The molecular weight excluding hydrogens is 604 g/mol. The summed E-state index contributed by atoms with van der Waals surface area (Å²) in [4.78, 5) is 43.4. The van der Waals surface area contributed by atoms with E-state index in [1.165, 1.54) is 35.7 Å². The maximum Gasteiger partial charge on any atom is 0.226 e. The van der Waals surface area contributed by atoms with Gasteiger partial charge in [-0.25, -0.2) is 8.78 Å². The third-order valence-corrected chi connectivity index (χ3v) is 9.37. The number of amides is 1. The summed E-state index contributed by atoms with van der Waals surface area (Å²) in [5, 5.41) is 4.93. The van der Waals surface area contributed by atoms with E-state index in [1.54, 1.807) is 40.3 Å². The van der Waals surface area contributed by atoms with Crippen molar-refractivity contribution in [1.29, 1.82) is 0 Å². The predicted molar refractivity (Wildman–Crippen MR) is 181 cm³/mol. The molecule has 0 radical (unpaired) electrons. The molecule has 0 spiro atoms. The van der Waals surface area contributed by atoms with Crippen molar-refractivity contribution in [2.45, 2.75) is 45.7 Å². The molecule has 5 aromatic rings. The van der Waals surface area contributed by atoms with Crippen LogP contribution in [0.4, 0.5) is 14.5 Å². The number of hydrogen-bond acceptors (Lipinski definition) is 5. The number of carbonyl (C=O) groups is 2. The quantitative estimate of drug-likeness (QED) is 0.142. The Hall–Kier alpha value is -4.47. The van der Waals surface area contributed by atoms with Crippen molar-refractivity contribution >= 4 is 38.9 Å². The molecule has 6 nitrogen and oxygen atoms in total. The zero-order valence-corrected chi connectivity index (χ0v) is 27.2. The van der Waals surface area contributed by atoms with E-state index in [-0.39, 0.29) is 35.3 Å². The minimum Gasteiger partial charge on any atom is -0.334 e. The zero-order valence-electron chi connectivity index (χ0n) is 26.3. The number of thiophene rings is 1. The molecule has 9 heteroatoms. The second-order valence-electron chi connectivity index (χ2n) is 12.2. The second-order valence-corrected chi connectivity index (χ2v) is 13.1. The molecule has 1 N–H and O–H groups in total. The molecular formula is C37H37F2N3O3S. The highest BCUT2D eigenvalue weighted by Crippen LogP contribution is 2.34. The SMILES string of the molecule is CC(C)C(=O)Nc1ccc(C(C)(CCN(C)Cc2ccccc2)C(=O)c2cn(Cc3c(F)cccc3F)c3sccc3c2=O)cc1. The highest BCUT2D eigenvalue weighted by molar-refractivity contribution is 7.16. The number of nitrogens with zero attached hydrogens (tertiary/aromatic N) is 2. The monoisotopic (exact) mass is 641 g/mol. The van der Waals surface area contributed by atoms with Crippen molar-refractivity contribution in [1.82, 2.24) is 9.47 Å². The lowest BCUT2D eigenvalue weighted by Gasteiger charge is -2.31. The first-order valence-corrected chi connectivity index (χ1v) is 16.1. The summed E-state index contributed by atoms with van der Waals surface area (Å²) in [5.74, 6) is -2.11. The number of benzene rings is 3. The highest BCUT2D eigenvalue weighted by atomic mass is 32.1. The highest BCUT2D eigenvalue weighted by Gasteiger charge is 2.38. The number of aromatic nitrogens is 1. The molecule has 1 unspecified atom stereocenters. The Labute approximate surface area is 271 Å². The van der Waals surface area contributed by atoms with Crippen molar-refractivity contribution in [2.24, 2.45) is 5.92 Å². The first-order chi connectivity index (χ1) is 22.0. The first kappa shape index (κ1) is 32.9. The summed E-state index contributed by atoms with van der Waals surface area (Å²) in [6.07, 6.45) is 1.83. The number of rotatable bonds is 12. The smallest absolute Gasteiger partial charge is 0.226 e. The van der Waals surface area contributed by atoms with E-state index in [1.807, 2.05) is 58.2 Å². The first-order valence-electron chi connectivity index (χ1n) is 15.2. The summed E-state index contributed by atoms with van der Waals surface area (Å²) >= 11 is 1.27. The summed E-state index contributed by atoms with van der Waals surface area (Å²) < 4.78 is 31.0. The van der Waals surface area contributed by atoms with Crippen molar-refractivity contribution in [2.75, 3.05) is 18.9 Å². The second kappa shape index (κ2) is 13.9. The van der Waals surface area contributed by atoms with Crippen LogP contribution in [-0.2, 0) is 23.3 Å². The Morgan fingerprint density at radius 3 is 2.28 bits per heavy atom. The van der Waals surface area contributed by atoms with Crippen molar-refractivity contribution in [3.63, 3.8) is 0 Å². The van der Waals surface area contributed by atoms with Crippen molar-refractivity contribution in [3.8, 4) is 0 Å². The molecule has 0 saturated heterocycles. The summed E-state index contributed by atoms with van der Waals surface area (Å²) in [5.41, 5.74) is 0.662. The van der Waals surface area contributed by atoms with Crippen molar-refractivity contribution < 1.29 is 18.4 Å². The van der Waals surface area contributed by atoms with Gasteiger partial charge in [-0.05, 0) is 73.8 Å². The Kier molecular flexibility index (Phi) is 9.94. The lowest BCUT2D eigenvalue weighted by atomic mass is 9.73. The number of anilines is 1. The Bertz CT molecular complexity index is 1900. The zero-order chi connectivity index (χ0) is 33.0. The summed E-state index contributed by atoms with van der Waals surface area (Å²) in [7, 11) is 1.98. The number of fused-ring (bicyclic) bond motifs is 1. The average molecular weight is 642 g/mol. The number of nitrogens with one attached hydrogen (secondary N) is 1. The number of Topliss-reactive ketones (excluding diaryl/α,β-unsaturated/α-hetero) is 1. The summed E-state index contributed by atoms with van der Waals surface area (Å²) in [6, 6.07) is 22.5. The fourth-order valence-corrected chi connectivity index (χ4v) is 6.40. The maximum atomic E-state index is 14.7. The van der Waals surface area contributed by atoms with E-state index in [4.69, 9.17) is 0 Å². The van der Waals surface area contributed by atoms with E-state index in [0.29, 0.717) is 41.0 Å². The van der Waals surface area contributed by atoms with Gasteiger partial charge in [0.2, 0.25) is 11.3 Å². The molecule has 46 heavy (non-hydrogen) atoms. The minimum atomic E-state index is -1.14. The average Bonchev–Trinajstić information content (AvgIpc) is 3.54. The number of halogens is 2. The van der Waals surface area contributed by atoms with Gasteiger partial charge in [-0.1, -0.05) is 62.4 Å². The molecule has 0 aliphatic rings. The predicted octanol–water partition coefficient (Wildman–Crippen LogP) is 7.65. The van der Waals surface area contributed by atoms with Gasteiger partial charge in [0.05, 0.1) is 22.9 Å². The van der Waals surface area contributed by atoms with Gasteiger partial charge in [0.15, 0.2) is 5.78 Å². The largest absolute Gasteiger partial charge is 0.334 e. The van der Waals surface area contributed by atoms with Crippen LogP contribution < -0.4 is 10.7 Å². The van der Waals surface area contributed by atoms with Crippen LogP contribution in [0.15, 0.2) is 95.2 Å². The normalized spacial score (nSPS) is 12.9. The molecule has 1 atom stereocenters. The van der Waals surface area contributed by atoms with Gasteiger partial charge in [0.25, 0.3) is 0 Å². The molecule has 0 saturated carbocycles. The molecule has 1 amide bonds. The van der Waals surface area contributed by atoms with Crippen LogP contribution in [0.1, 0.15) is 54.2 Å². The molecule has 0 aliphatic heterocycles.